The van der Waals surface area contributed by atoms with Crippen molar-refractivity contribution in [2.75, 3.05) is 0 Å². The SMILES string of the molecule is O=C([O-])O.[K+].[O]=[Ca]. The molecular weight excluding hydrogens is 155 g/mol. The Labute approximate surface area is 107 Å². The van der Waals surface area contributed by atoms with Crippen LogP contribution >= 0.6 is 0 Å². The molecule has 7 heavy (non-hydrogen) atoms. The van der Waals surface area contributed by atoms with E-state index in [4.69, 9.17) is 16.4 Å². The van der Waals surface area contributed by atoms with Crippen LogP contribution in [0, 0.1) is 0 Å². The Bertz CT molecular complexity index is 43.0. The van der Waals surface area contributed by atoms with Crippen LogP contribution in [0.5, 0.6) is 0 Å². The molecule has 0 saturated carbocycles. The molecule has 0 rings (SSSR count). The summed E-state index contributed by atoms with van der Waals surface area (Å²) in [5.41, 5.74) is 0. The fourth-order valence-corrected chi connectivity index (χ4v) is 0. The summed E-state index contributed by atoms with van der Waals surface area (Å²) in [6.07, 6.45) is -2.08. The molecular formula is CHCaKO4. The van der Waals surface area contributed by atoms with E-state index in [9.17, 15) is 0 Å². The van der Waals surface area contributed by atoms with E-state index in [0.29, 0.717) is 0 Å². The second kappa shape index (κ2) is 15.7. The van der Waals surface area contributed by atoms with Gasteiger partial charge in [0.2, 0.25) is 6.16 Å². The molecule has 0 spiro atoms. The molecule has 0 unspecified atom stereocenters. The molecule has 1 N–H and O–H groups in total. The summed E-state index contributed by atoms with van der Waals surface area (Å²) in [7, 11) is 0. The number of carboxylic acid groups (broad SMARTS) is 2. The Kier molecular flexibility index (Phi) is 35.8. The van der Waals surface area contributed by atoms with Crippen molar-refractivity contribution in [3.05, 3.63) is 0 Å². The fraction of sp³-hybridized carbons (Fsp3) is 0. The molecule has 0 aliphatic rings. The summed E-state index contributed by atoms with van der Waals surface area (Å²) < 4.78 is 8.38. The van der Waals surface area contributed by atoms with Crippen LogP contribution in [0.3, 0.4) is 0 Å². The van der Waals surface area contributed by atoms with E-state index in [2.05, 4.69) is 0 Å². The van der Waals surface area contributed by atoms with Gasteiger partial charge in [-0.15, -0.1) is 0 Å². The predicted molar refractivity (Wildman–Crippen MR) is 14.5 cm³/mol. The van der Waals surface area contributed by atoms with Gasteiger partial charge in [0.25, 0.3) is 0 Å². The molecule has 0 saturated heterocycles. The van der Waals surface area contributed by atoms with Gasteiger partial charge in [0.15, 0.2) is 0 Å². The number of rotatable bonds is 0. The van der Waals surface area contributed by atoms with Crippen molar-refractivity contribution >= 4 is 42.0 Å². The van der Waals surface area contributed by atoms with Crippen molar-refractivity contribution in [3.8, 4) is 0 Å². The van der Waals surface area contributed by atoms with Crippen molar-refractivity contribution in [1.29, 1.82) is 0 Å². The molecule has 0 atom stereocenters. The molecule has 0 radical (unpaired) electrons. The van der Waals surface area contributed by atoms with Gasteiger partial charge in [-0.3, -0.25) is 0 Å². The quantitative estimate of drug-likeness (QED) is 0.358. The third-order valence-corrected chi connectivity index (χ3v) is 0. The first-order valence-electron chi connectivity index (χ1n) is 0.921. The minimum absolute atomic E-state index is 0. The third kappa shape index (κ3) is 73.4. The van der Waals surface area contributed by atoms with Crippen molar-refractivity contribution in [3.63, 3.8) is 0 Å². The minimum atomic E-state index is -2.08. The standard InChI is InChI=1S/CH2O3.Ca.K.O/c2-1(3)4;;;/h(H2,2,3,4);;;/q;;+1;/p-1. The summed E-state index contributed by atoms with van der Waals surface area (Å²) in [5, 5.41) is 15.3. The summed E-state index contributed by atoms with van der Waals surface area (Å²) in [5.74, 6) is 0. The maximum atomic E-state index is 8.44. The van der Waals surface area contributed by atoms with Crippen molar-refractivity contribution in [2.24, 2.45) is 0 Å². The molecule has 4 nitrogen and oxygen atoms in total. The van der Waals surface area contributed by atoms with E-state index in [1.54, 1.807) is 0 Å². The molecule has 0 aliphatic carbocycles. The Morgan fingerprint density at radius 1 is 1.57 bits per heavy atom. The second-order valence-electron chi connectivity index (χ2n) is 0.266. The van der Waals surface area contributed by atoms with Gasteiger partial charge < -0.3 is 15.0 Å². The molecule has 6 heteroatoms. The van der Waals surface area contributed by atoms with Gasteiger partial charge in [0, 0.05) is 0 Å². The number of hydrogen-bond acceptors (Lipinski definition) is 3. The second-order valence-corrected chi connectivity index (χ2v) is 0.266. The average Bonchev–Trinajstić information content (AvgIpc) is 1.41. The Hall–Kier alpha value is 1.97. The van der Waals surface area contributed by atoms with E-state index >= 15 is 0 Å². The van der Waals surface area contributed by atoms with Gasteiger partial charge in [0.05, 0.1) is 0 Å². The van der Waals surface area contributed by atoms with Crippen LogP contribution in [-0.2, 0) is 1.43 Å². The number of hydrogen-bond donors (Lipinski definition) is 1. The van der Waals surface area contributed by atoms with E-state index in [0.717, 1.165) is 0 Å². The molecule has 0 bridgehead atoms. The molecule has 0 aromatic heterocycles. The fourth-order valence-electron chi connectivity index (χ4n) is 0. The molecule has 0 amide bonds. The molecule has 0 aliphatic heterocycles. The van der Waals surface area contributed by atoms with Gasteiger partial charge in [-0.2, -0.15) is 0 Å². The van der Waals surface area contributed by atoms with Gasteiger partial charge in [-0.05, 0) is 0 Å². The third-order valence-electron chi connectivity index (χ3n) is 0. The van der Waals surface area contributed by atoms with Gasteiger partial charge in [-0.1, -0.05) is 0 Å². The topological polar surface area (TPSA) is 77.4 Å². The van der Waals surface area contributed by atoms with Gasteiger partial charge in [0.1, 0.15) is 0 Å². The van der Waals surface area contributed by atoms with Crippen LogP contribution in [0.15, 0.2) is 0 Å². The zero-order chi connectivity index (χ0) is 5.58. The first kappa shape index (κ1) is 16.0. The summed E-state index contributed by atoms with van der Waals surface area (Å²) in [6, 6.07) is 0. The van der Waals surface area contributed by atoms with Crippen LogP contribution in [0.1, 0.15) is 0 Å². The maximum absolute atomic E-state index is 8.44. The van der Waals surface area contributed by atoms with E-state index in [1.165, 1.54) is 0 Å². The van der Waals surface area contributed by atoms with E-state index in [1.807, 2.05) is 0 Å². The number of carbonyl (C=O) groups is 1. The zero-order valence-electron chi connectivity index (χ0n) is 3.88. The van der Waals surface area contributed by atoms with Crippen LogP contribution in [-0.4, -0.2) is 47.1 Å². The van der Waals surface area contributed by atoms with Crippen LogP contribution in [0.4, 0.5) is 4.79 Å². The van der Waals surface area contributed by atoms with Crippen molar-refractivity contribution in [1.82, 2.24) is 0 Å². The normalized spacial score (nSPS) is 4.29. The van der Waals surface area contributed by atoms with Gasteiger partial charge in [-0.25, -0.2) is 0 Å². The molecule has 0 fully saturated rings. The summed E-state index contributed by atoms with van der Waals surface area (Å²) in [4.78, 5) is 8.44. The van der Waals surface area contributed by atoms with Crippen molar-refractivity contribution < 1.29 is 67.8 Å². The molecule has 32 valence electrons. The van der Waals surface area contributed by atoms with Gasteiger partial charge >= 0.3 is 88.7 Å². The first-order chi connectivity index (χ1) is 2.73. The monoisotopic (exact) mass is 156 g/mol. The van der Waals surface area contributed by atoms with Crippen LogP contribution in [0.25, 0.3) is 0 Å². The zero-order valence-corrected chi connectivity index (χ0v) is 9.21. The van der Waals surface area contributed by atoms with Crippen LogP contribution in [0.2, 0.25) is 0 Å². The van der Waals surface area contributed by atoms with E-state index in [-0.39, 0.29) is 87.3 Å². The first-order valence-corrected chi connectivity index (χ1v) is 1.82. The molecule has 0 aromatic rings. The van der Waals surface area contributed by atoms with E-state index < -0.39 is 6.16 Å². The van der Waals surface area contributed by atoms with Crippen LogP contribution < -0.4 is 56.5 Å². The molecule has 0 heterocycles. The summed E-state index contributed by atoms with van der Waals surface area (Å²) >= 11 is 0.125. The Balaban J connectivity index is -0.0000000480. The Morgan fingerprint density at radius 2 is 1.57 bits per heavy atom. The predicted octanol–water partition coefficient (Wildman–Crippen LogP) is -4.61. The Morgan fingerprint density at radius 3 is 1.57 bits per heavy atom. The molecule has 0 aromatic carbocycles. The average molecular weight is 156 g/mol. The summed E-state index contributed by atoms with van der Waals surface area (Å²) in [6.45, 7) is 0. The van der Waals surface area contributed by atoms with Crippen molar-refractivity contribution in [2.45, 2.75) is 0 Å².